The van der Waals surface area contributed by atoms with Crippen molar-refractivity contribution in [1.82, 2.24) is 0 Å². The maximum absolute atomic E-state index is 14.1. The van der Waals surface area contributed by atoms with Crippen LogP contribution in [0, 0.1) is 6.92 Å². The number of methoxy groups -OCH3 is 1. The molecule has 1 unspecified atom stereocenters. The summed E-state index contributed by atoms with van der Waals surface area (Å²) < 4.78 is 45.2. The average Bonchev–Trinajstić information content (AvgIpc) is 3.37. The third-order valence-electron chi connectivity index (χ3n) is 11.8. The van der Waals surface area contributed by atoms with Crippen molar-refractivity contribution in [3.05, 3.63) is 238 Å². The molecule has 8 rings (SSSR count). The van der Waals surface area contributed by atoms with Crippen molar-refractivity contribution in [3.63, 3.8) is 0 Å². The molecule has 9 nitrogen and oxygen atoms in total. The van der Waals surface area contributed by atoms with Gasteiger partial charge in [-0.1, -0.05) is 164 Å². The number of benzene rings is 7. The first-order valence-electron chi connectivity index (χ1n) is 22.6. The molecule has 0 aliphatic carbocycles. The Hall–Kier alpha value is -5.79. The second kappa shape index (κ2) is 23.8. The minimum Gasteiger partial charge on any atom is -0.488 e. The topological polar surface area (TPSA) is 105 Å². The SMILES string of the molecule is COCOc1ccc(C(O)c2cc([C@]3(O)S[C@@H](COCc4ccccc4)[C@@H](OCc4ccccc4)[C@H](OCc4ccccc4)[C@H]3OCc3ccccc3)c(OCc3ccccc3)cc2C)cc1. The Morgan fingerprint density at radius 1 is 0.552 bits per heavy atom. The van der Waals surface area contributed by atoms with Gasteiger partial charge in [0.2, 0.25) is 0 Å². The molecular weight excluding hydrogens is 861 g/mol. The molecule has 0 spiro atoms. The van der Waals surface area contributed by atoms with Crippen LogP contribution in [-0.4, -0.2) is 54.3 Å². The van der Waals surface area contributed by atoms with Crippen molar-refractivity contribution in [1.29, 1.82) is 0 Å². The van der Waals surface area contributed by atoms with Gasteiger partial charge in [-0.25, -0.2) is 0 Å². The van der Waals surface area contributed by atoms with Crippen LogP contribution in [0.1, 0.15) is 56.2 Å². The molecule has 6 atom stereocenters. The molecule has 346 valence electrons. The van der Waals surface area contributed by atoms with Gasteiger partial charge in [0.15, 0.2) is 11.7 Å². The lowest BCUT2D eigenvalue weighted by Gasteiger charge is -2.50. The van der Waals surface area contributed by atoms with Gasteiger partial charge in [-0.05, 0) is 75.7 Å². The number of rotatable bonds is 22. The van der Waals surface area contributed by atoms with Crippen LogP contribution in [0.3, 0.4) is 0 Å². The number of ether oxygens (including phenoxy) is 7. The number of thioether (sulfide) groups is 1. The van der Waals surface area contributed by atoms with E-state index in [1.807, 2.05) is 183 Å². The monoisotopic (exact) mass is 918 g/mol. The van der Waals surface area contributed by atoms with E-state index in [1.165, 1.54) is 11.8 Å². The summed E-state index contributed by atoms with van der Waals surface area (Å²) in [4.78, 5) is -1.87. The summed E-state index contributed by atoms with van der Waals surface area (Å²) in [5.41, 5.74) is 7.27. The van der Waals surface area contributed by atoms with E-state index < -0.39 is 34.6 Å². The standard InChI is InChI=1S/C57H58O9S/c1-41-32-51(62-35-43-20-10-4-11-21-43)50(33-49(41)53(58)47-28-30-48(31-29-47)66-40-60-2)57(59)56(65-38-46-26-16-7-17-27-46)55(64-37-45-24-14-6-15-25-45)54(63-36-44-22-12-5-13-23-44)52(67-57)39-61-34-42-18-8-3-9-19-42/h3-33,52-56,58-59H,34-40H2,1-2H3/t52-,53?,54+,55-,56+,57-/m0/s1. The van der Waals surface area contributed by atoms with E-state index in [0.717, 1.165) is 33.4 Å². The van der Waals surface area contributed by atoms with E-state index in [9.17, 15) is 10.2 Å². The smallest absolute Gasteiger partial charge is 0.188 e. The third kappa shape index (κ3) is 12.6. The fourth-order valence-electron chi connectivity index (χ4n) is 8.25. The van der Waals surface area contributed by atoms with Gasteiger partial charge in [0.25, 0.3) is 0 Å². The second-order valence-electron chi connectivity index (χ2n) is 16.6. The minimum absolute atomic E-state index is 0.102. The van der Waals surface area contributed by atoms with E-state index in [-0.39, 0.29) is 39.8 Å². The van der Waals surface area contributed by atoms with Crippen LogP contribution in [0.5, 0.6) is 11.5 Å². The third-order valence-corrected chi connectivity index (χ3v) is 13.3. The van der Waals surface area contributed by atoms with Gasteiger partial charge >= 0.3 is 0 Å². The number of aliphatic hydroxyl groups excluding tert-OH is 1. The number of aryl methyl sites for hydroxylation is 1. The summed E-state index contributed by atoms with van der Waals surface area (Å²) in [6.45, 7) is 3.51. The van der Waals surface area contributed by atoms with Gasteiger partial charge in [-0.15, -0.1) is 11.8 Å². The van der Waals surface area contributed by atoms with E-state index in [4.69, 9.17) is 33.2 Å². The van der Waals surface area contributed by atoms with E-state index >= 15 is 0 Å². The van der Waals surface area contributed by atoms with Crippen LogP contribution < -0.4 is 9.47 Å². The Labute approximate surface area is 398 Å². The van der Waals surface area contributed by atoms with Crippen molar-refractivity contribution in [2.75, 3.05) is 20.5 Å². The molecule has 0 amide bonds. The van der Waals surface area contributed by atoms with Gasteiger partial charge in [-0.2, -0.15) is 0 Å². The van der Waals surface area contributed by atoms with Gasteiger partial charge in [0, 0.05) is 12.7 Å². The van der Waals surface area contributed by atoms with Crippen molar-refractivity contribution in [2.45, 2.75) is 74.6 Å². The summed E-state index contributed by atoms with van der Waals surface area (Å²) >= 11 is 1.31. The Morgan fingerprint density at radius 2 is 1.03 bits per heavy atom. The maximum atomic E-state index is 14.1. The highest BCUT2D eigenvalue weighted by Gasteiger charge is 2.58. The predicted octanol–water partition coefficient (Wildman–Crippen LogP) is 10.9. The molecule has 1 saturated heterocycles. The van der Waals surface area contributed by atoms with Crippen molar-refractivity contribution in [3.8, 4) is 11.5 Å². The molecule has 0 bridgehead atoms. The zero-order valence-corrected chi connectivity index (χ0v) is 38.7. The van der Waals surface area contributed by atoms with E-state index in [2.05, 4.69) is 0 Å². The van der Waals surface area contributed by atoms with Crippen LogP contribution in [0.25, 0.3) is 0 Å². The Morgan fingerprint density at radius 3 is 1.55 bits per heavy atom. The Balaban J connectivity index is 1.26. The first kappa shape index (κ1) is 47.7. The van der Waals surface area contributed by atoms with Crippen LogP contribution in [-0.2, 0) is 61.7 Å². The highest BCUT2D eigenvalue weighted by atomic mass is 32.2. The molecule has 10 heteroatoms. The number of hydrogen-bond acceptors (Lipinski definition) is 10. The average molecular weight is 919 g/mol. The van der Waals surface area contributed by atoms with Crippen LogP contribution in [0.15, 0.2) is 188 Å². The quantitative estimate of drug-likeness (QED) is 0.0639. The lowest BCUT2D eigenvalue weighted by atomic mass is 9.88. The number of hydrogen-bond donors (Lipinski definition) is 2. The normalized spacial score (nSPS) is 19.7. The van der Waals surface area contributed by atoms with Gasteiger partial charge < -0.3 is 43.4 Å². The summed E-state index contributed by atoms with van der Waals surface area (Å²) in [5, 5.41) is 25.8. The highest BCUT2D eigenvalue weighted by molar-refractivity contribution is 8.00. The van der Waals surface area contributed by atoms with Crippen LogP contribution in [0.4, 0.5) is 0 Å². The summed E-state index contributed by atoms with van der Waals surface area (Å²) in [6, 6.07) is 60.9. The van der Waals surface area contributed by atoms with Crippen LogP contribution >= 0.6 is 11.8 Å². The van der Waals surface area contributed by atoms with Gasteiger partial charge in [0.05, 0.1) is 38.3 Å². The number of aliphatic hydroxyl groups is 2. The van der Waals surface area contributed by atoms with E-state index in [1.54, 1.807) is 19.2 Å². The van der Waals surface area contributed by atoms with Gasteiger partial charge in [0.1, 0.15) is 42.5 Å². The summed E-state index contributed by atoms with van der Waals surface area (Å²) in [5.74, 6) is 1.05. The first-order chi connectivity index (χ1) is 32.9. The zero-order chi connectivity index (χ0) is 46.3. The lowest BCUT2D eigenvalue weighted by Crippen LogP contribution is -2.61. The van der Waals surface area contributed by atoms with Crippen LogP contribution in [0.2, 0.25) is 0 Å². The lowest BCUT2D eigenvalue weighted by molar-refractivity contribution is -0.199. The summed E-state index contributed by atoms with van der Waals surface area (Å²) in [7, 11) is 1.57. The fraction of sp³-hybridized carbons (Fsp3) is 0.263. The first-order valence-corrected chi connectivity index (χ1v) is 23.5. The summed E-state index contributed by atoms with van der Waals surface area (Å²) in [6.07, 6.45) is -3.60. The molecule has 1 aliphatic rings. The Bertz CT molecular complexity index is 2530. The molecule has 1 aliphatic heterocycles. The van der Waals surface area contributed by atoms with Crippen molar-refractivity contribution in [2.24, 2.45) is 0 Å². The zero-order valence-electron chi connectivity index (χ0n) is 37.9. The van der Waals surface area contributed by atoms with E-state index in [0.29, 0.717) is 34.8 Å². The molecule has 0 aromatic heterocycles. The molecule has 2 N–H and O–H groups in total. The molecule has 7 aromatic carbocycles. The molecule has 0 saturated carbocycles. The highest BCUT2D eigenvalue weighted by Crippen LogP contribution is 2.53. The molecule has 1 fully saturated rings. The van der Waals surface area contributed by atoms with Crippen molar-refractivity contribution < 1.29 is 43.4 Å². The Kier molecular flexibility index (Phi) is 16.9. The maximum Gasteiger partial charge on any atom is 0.188 e. The second-order valence-corrected chi connectivity index (χ2v) is 18.1. The van der Waals surface area contributed by atoms with Gasteiger partial charge in [-0.3, -0.25) is 0 Å². The molecule has 0 radical (unpaired) electrons. The fourth-order valence-corrected chi connectivity index (χ4v) is 9.87. The largest absolute Gasteiger partial charge is 0.488 e. The molecular formula is C57H58O9S. The van der Waals surface area contributed by atoms with Crippen molar-refractivity contribution >= 4 is 11.8 Å². The minimum atomic E-state index is -1.87. The molecule has 67 heavy (non-hydrogen) atoms. The molecule has 1 heterocycles. The predicted molar refractivity (Wildman–Crippen MR) is 261 cm³/mol. The molecule has 7 aromatic rings.